The van der Waals surface area contributed by atoms with Gasteiger partial charge in [0.2, 0.25) is 0 Å². The van der Waals surface area contributed by atoms with Gasteiger partial charge in [-0.2, -0.15) is 0 Å². The van der Waals surface area contributed by atoms with Crippen molar-refractivity contribution in [1.82, 2.24) is 9.88 Å². The minimum atomic E-state index is 0.0971. The van der Waals surface area contributed by atoms with Crippen LogP contribution in [-0.2, 0) is 6.54 Å². The molecular formula is C11H16N2O. The molecule has 2 heterocycles. The SMILES string of the molecule is O=c1ccccn1CC1CCCCN1. The van der Waals surface area contributed by atoms with Crippen LogP contribution in [0.2, 0.25) is 0 Å². The number of nitrogens with one attached hydrogen (secondary N) is 1. The van der Waals surface area contributed by atoms with Crippen molar-refractivity contribution in [3.05, 3.63) is 34.7 Å². The van der Waals surface area contributed by atoms with Crippen LogP contribution >= 0.6 is 0 Å². The number of piperidine rings is 1. The fourth-order valence-electron chi connectivity index (χ4n) is 1.93. The molecule has 0 aliphatic carbocycles. The van der Waals surface area contributed by atoms with E-state index in [9.17, 15) is 4.79 Å². The number of pyridine rings is 1. The fourth-order valence-corrected chi connectivity index (χ4v) is 1.93. The molecule has 1 aliphatic heterocycles. The second-order valence-corrected chi connectivity index (χ2v) is 3.84. The van der Waals surface area contributed by atoms with Crippen LogP contribution in [0.25, 0.3) is 0 Å². The largest absolute Gasteiger partial charge is 0.314 e. The lowest BCUT2D eigenvalue weighted by Gasteiger charge is -2.23. The molecule has 2 rings (SSSR count). The lowest BCUT2D eigenvalue weighted by molar-refractivity contribution is 0.360. The van der Waals surface area contributed by atoms with E-state index in [0.29, 0.717) is 6.04 Å². The number of nitrogens with zero attached hydrogens (tertiary/aromatic N) is 1. The van der Waals surface area contributed by atoms with Gasteiger partial charge in [-0.3, -0.25) is 4.79 Å². The van der Waals surface area contributed by atoms with Gasteiger partial charge in [0.1, 0.15) is 0 Å². The van der Waals surface area contributed by atoms with Crippen molar-refractivity contribution in [2.24, 2.45) is 0 Å². The number of aromatic nitrogens is 1. The minimum absolute atomic E-state index is 0.0971. The van der Waals surface area contributed by atoms with Crippen LogP contribution in [0.15, 0.2) is 29.2 Å². The first-order valence-electron chi connectivity index (χ1n) is 5.25. The molecular weight excluding hydrogens is 176 g/mol. The Bertz CT molecular complexity index is 339. The molecule has 1 aliphatic rings. The van der Waals surface area contributed by atoms with Gasteiger partial charge in [-0.15, -0.1) is 0 Å². The Kier molecular flexibility index (Phi) is 2.99. The molecule has 1 N–H and O–H groups in total. The van der Waals surface area contributed by atoms with Gasteiger partial charge in [0.25, 0.3) is 5.56 Å². The lowest BCUT2D eigenvalue weighted by Crippen LogP contribution is -2.39. The third-order valence-corrected chi connectivity index (χ3v) is 2.73. The summed E-state index contributed by atoms with van der Waals surface area (Å²) in [5, 5.41) is 3.44. The Balaban J connectivity index is 2.03. The molecule has 1 aromatic rings. The van der Waals surface area contributed by atoms with E-state index < -0.39 is 0 Å². The number of hydrogen-bond acceptors (Lipinski definition) is 2. The summed E-state index contributed by atoms with van der Waals surface area (Å²) in [6.45, 7) is 1.89. The van der Waals surface area contributed by atoms with Gasteiger partial charge >= 0.3 is 0 Å². The molecule has 1 aromatic heterocycles. The molecule has 0 spiro atoms. The Labute approximate surface area is 83.8 Å². The fraction of sp³-hybridized carbons (Fsp3) is 0.545. The van der Waals surface area contributed by atoms with E-state index in [4.69, 9.17) is 0 Å². The zero-order valence-corrected chi connectivity index (χ0v) is 8.28. The van der Waals surface area contributed by atoms with Crippen LogP contribution in [0.1, 0.15) is 19.3 Å². The summed E-state index contributed by atoms with van der Waals surface area (Å²) in [4.78, 5) is 11.4. The maximum Gasteiger partial charge on any atom is 0.250 e. The van der Waals surface area contributed by atoms with E-state index in [1.165, 1.54) is 19.3 Å². The second kappa shape index (κ2) is 4.42. The van der Waals surface area contributed by atoms with Crippen LogP contribution in [0.3, 0.4) is 0 Å². The molecule has 0 amide bonds. The predicted molar refractivity (Wildman–Crippen MR) is 56.3 cm³/mol. The van der Waals surface area contributed by atoms with Crippen molar-refractivity contribution in [2.75, 3.05) is 6.54 Å². The first-order chi connectivity index (χ1) is 6.86. The molecule has 3 nitrogen and oxygen atoms in total. The van der Waals surface area contributed by atoms with Crippen LogP contribution < -0.4 is 10.9 Å². The smallest absolute Gasteiger partial charge is 0.250 e. The Morgan fingerprint density at radius 1 is 1.43 bits per heavy atom. The van der Waals surface area contributed by atoms with Crippen molar-refractivity contribution < 1.29 is 0 Å². The van der Waals surface area contributed by atoms with E-state index in [-0.39, 0.29) is 5.56 Å². The summed E-state index contributed by atoms with van der Waals surface area (Å²) in [6.07, 6.45) is 5.58. The zero-order valence-electron chi connectivity index (χ0n) is 8.28. The van der Waals surface area contributed by atoms with Crippen molar-refractivity contribution in [1.29, 1.82) is 0 Å². The monoisotopic (exact) mass is 192 g/mol. The highest BCUT2D eigenvalue weighted by Crippen LogP contribution is 2.07. The molecule has 1 saturated heterocycles. The number of rotatable bonds is 2. The highest BCUT2D eigenvalue weighted by atomic mass is 16.1. The Morgan fingerprint density at radius 3 is 3.07 bits per heavy atom. The van der Waals surface area contributed by atoms with Crippen molar-refractivity contribution in [3.8, 4) is 0 Å². The van der Waals surface area contributed by atoms with E-state index in [1.54, 1.807) is 16.7 Å². The molecule has 76 valence electrons. The summed E-state index contributed by atoms with van der Waals surface area (Å²) in [7, 11) is 0. The summed E-state index contributed by atoms with van der Waals surface area (Å²) in [5.74, 6) is 0. The predicted octanol–water partition coefficient (Wildman–Crippen LogP) is 0.990. The Hall–Kier alpha value is -1.09. The van der Waals surface area contributed by atoms with Crippen molar-refractivity contribution in [3.63, 3.8) is 0 Å². The normalized spacial score (nSPS) is 22.1. The van der Waals surface area contributed by atoms with E-state index in [0.717, 1.165) is 13.1 Å². The first kappa shape index (κ1) is 9.46. The van der Waals surface area contributed by atoms with E-state index in [1.807, 2.05) is 12.3 Å². The third kappa shape index (κ3) is 2.23. The summed E-state index contributed by atoms with van der Waals surface area (Å²) in [5.41, 5.74) is 0.0971. The first-order valence-corrected chi connectivity index (χ1v) is 5.25. The zero-order chi connectivity index (χ0) is 9.80. The molecule has 0 aromatic carbocycles. The maximum atomic E-state index is 11.4. The summed E-state index contributed by atoms with van der Waals surface area (Å²) in [6, 6.07) is 5.78. The third-order valence-electron chi connectivity index (χ3n) is 2.73. The maximum absolute atomic E-state index is 11.4. The van der Waals surface area contributed by atoms with Gasteiger partial charge in [-0.25, -0.2) is 0 Å². The van der Waals surface area contributed by atoms with Crippen LogP contribution in [0.4, 0.5) is 0 Å². The summed E-state index contributed by atoms with van der Waals surface area (Å²) < 4.78 is 1.78. The Morgan fingerprint density at radius 2 is 2.36 bits per heavy atom. The van der Waals surface area contributed by atoms with Gasteiger partial charge in [0.15, 0.2) is 0 Å². The van der Waals surface area contributed by atoms with Crippen LogP contribution in [0.5, 0.6) is 0 Å². The van der Waals surface area contributed by atoms with Gasteiger partial charge in [0.05, 0.1) is 0 Å². The standard InChI is InChI=1S/C11H16N2O/c14-11-6-2-4-8-13(11)9-10-5-1-3-7-12-10/h2,4,6,8,10,12H,1,3,5,7,9H2. The minimum Gasteiger partial charge on any atom is -0.314 e. The topological polar surface area (TPSA) is 34.0 Å². The highest BCUT2D eigenvalue weighted by molar-refractivity contribution is 4.94. The van der Waals surface area contributed by atoms with Crippen LogP contribution in [0, 0.1) is 0 Å². The molecule has 14 heavy (non-hydrogen) atoms. The van der Waals surface area contributed by atoms with E-state index in [2.05, 4.69) is 5.32 Å². The average Bonchev–Trinajstić information content (AvgIpc) is 2.23. The highest BCUT2D eigenvalue weighted by Gasteiger charge is 2.12. The van der Waals surface area contributed by atoms with E-state index >= 15 is 0 Å². The van der Waals surface area contributed by atoms with Gasteiger partial charge < -0.3 is 9.88 Å². The molecule has 0 radical (unpaired) electrons. The van der Waals surface area contributed by atoms with Gasteiger partial charge in [-0.1, -0.05) is 12.5 Å². The number of hydrogen-bond donors (Lipinski definition) is 1. The molecule has 0 saturated carbocycles. The van der Waals surface area contributed by atoms with Crippen LogP contribution in [-0.4, -0.2) is 17.2 Å². The lowest BCUT2D eigenvalue weighted by atomic mass is 10.1. The van der Waals surface area contributed by atoms with Crippen molar-refractivity contribution in [2.45, 2.75) is 31.8 Å². The molecule has 1 atom stereocenters. The molecule has 3 heteroatoms. The quantitative estimate of drug-likeness (QED) is 0.758. The molecule has 1 fully saturated rings. The van der Waals surface area contributed by atoms with Crippen molar-refractivity contribution >= 4 is 0 Å². The molecule has 1 unspecified atom stereocenters. The van der Waals surface area contributed by atoms with Gasteiger partial charge in [-0.05, 0) is 25.5 Å². The molecule has 0 bridgehead atoms. The second-order valence-electron chi connectivity index (χ2n) is 3.84. The summed E-state index contributed by atoms with van der Waals surface area (Å²) >= 11 is 0. The van der Waals surface area contributed by atoms with Gasteiger partial charge in [0, 0.05) is 24.8 Å². The average molecular weight is 192 g/mol.